The van der Waals surface area contributed by atoms with Crippen LogP contribution < -0.4 is 0 Å². The van der Waals surface area contributed by atoms with Crippen LogP contribution in [0.2, 0.25) is 0 Å². The Morgan fingerprint density at radius 3 is 2.21 bits per heavy atom. The highest BCUT2D eigenvalue weighted by Crippen LogP contribution is 2.22. The normalized spacial score (nSPS) is 11.5. The van der Waals surface area contributed by atoms with E-state index in [-0.39, 0.29) is 0 Å². The van der Waals surface area contributed by atoms with Gasteiger partial charge in [-0.25, -0.2) is 8.78 Å². The number of unbranched alkanes of at least 4 members (excludes halogenated alkanes) is 2. The largest absolute Gasteiger partial charge is 0.503 e. The molecule has 0 aromatic heterocycles. The van der Waals surface area contributed by atoms with E-state index in [1.807, 2.05) is 0 Å². The average molecular weight is 271 g/mol. The van der Waals surface area contributed by atoms with Crippen LogP contribution in [0.3, 0.4) is 0 Å². The van der Waals surface area contributed by atoms with Crippen molar-refractivity contribution in [2.24, 2.45) is 0 Å². The predicted molar refractivity (Wildman–Crippen MR) is 73.1 cm³/mol. The number of nitrogens with zero attached hydrogens (tertiary/aromatic N) is 1. The average Bonchev–Trinajstić information content (AvgIpc) is 2.34. The number of phenols is 1. The fourth-order valence-electron chi connectivity index (χ4n) is 2.03. The van der Waals surface area contributed by atoms with E-state index in [4.69, 9.17) is 5.11 Å². The Morgan fingerprint density at radius 1 is 1.16 bits per heavy atom. The van der Waals surface area contributed by atoms with Crippen molar-refractivity contribution in [1.82, 2.24) is 4.90 Å². The first kappa shape index (κ1) is 15.9. The van der Waals surface area contributed by atoms with Gasteiger partial charge in [-0.1, -0.05) is 19.8 Å². The molecule has 0 heterocycles. The molecule has 0 saturated heterocycles. The Kier molecular flexibility index (Phi) is 6.22. The predicted octanol–water partition coefficient (Wildman–Crippen LogP) is 4.07. The summed E-state index contributed by atoms with van der Waals surface area (Å²) in [6.45, 7) is 7.69. The lowest BCUT2D eigenvalue weighted by atomic mass is 10.1. The minimum absolute atomic E-state index is 0.316. The molecule has 0 aliphatic carbocycles. The molecule has 1 aromatic carbocycles. The number of hydrogen-bond donors (Lipinski definition) is 1. The minimum atomic E-state index is -0.897. The zero-order chi connectivity index (χ0) is 14.4. The van der Waals surface area contributed by atoms with Gasteiger partial charge in [0.25, 0.3) is 0 Å². The molecular weight excluding hydrogens is 248 g/mol. The van der Waals surface area contributed by atoms with Crippen molar-refractivity contribution >= 4 is 0 Å². The van der Waals surface area contributed by atoms with Gasteiger partial charge in [0.05, 0.1) is 0 Å². The summed E-state index contributed by atoms with van der Waals surface area (Å²) in [4.78, 5) is 2.18. The van der Waals surface area contributed by atoms with Crippen molar-refractivity contribution in [1.29, 1.82) is 0 Å². The summed E-state index contributed by atoms with van der Waals surface area (Å²) >= 11 is 0. The Hall–Kier alpha value is -1.16. The van der Waals surface area contributed by atoms with Crippen molar-refractivity contribution in [2.45, 2.75) is 52.6 Å². The van der Waals surface area contributed by atoms with E-state index in [9.17, 15) is 8.78 Å². The van der Waals surface area contributed by atoms with E-state index in [1.54, 1.807) is 0 Å². The smallest absolute Gasteiger partial charge is 0.187 e. The van der Waals surface area contributed by atoms with Crippen molar-refractivity contribution in [2.75, 3.05) is 6.54 Å². The lowest BCUT2D eigenvalue weighted by Crippen LogP contribution is -2.31. The molecule has 0 aliphatic heterocycles. The number of hydrogen-bond acceptors (Lipinski definition) is 2. The van der Waals surface area contributed by atoms with Crippen LogP contribution in [0.5, 0.6) is 5.75 Å². The molecule has 0 radical (unpaired) electrons. The second kappa shape index (κ2) is 7.43. The first-order chi connectivity index (χ1) is 8.95. The molecule has 0 fully saturated rings. The molecule has 0 atom stereocenters. The third kappa shape index (κ3) is 4.78. The third-order valence-corrected chi connectivity index (χ3v) is 3.24. The fraction of sp³-hybridized carbons (Fsp3) is 0.600. The number of aromatic hydroxyl groups is 1. The third-order valence-electron chi connectivity index (χ3n) is 3.24. The summed E-state index contributed by atoms with van der Waals surface area (Å²) in [6.07, 6.45) is 3.38. The minimum Gasteiger partial charge on any atom is -0.503 e. The summed E-state index contributed by atoms with van der Waals surface area (Å²) in [5.41, 5.74) is 0.554. The molecular formula is C15H23F2NO. The van der Waals surface area contributed by atoms with Gasteiger partial charge >= 0.3 is 0 Å². The summed E-state index contributed by atoms with van der Waals surface area (Å²) in [5, 5.41) is 9.08. The van der Waals surface area contributed by atoms with Gasteiger partial charge in [-0.15, -0.1) is 0 Å². The van der Waals surface area contributed by atoms with Crippen LogP contribution in [0.25, 0.3) is 0 Å². The van der Waals surface area contributed by atoms with Crippen molar-refractivity contribution < 1.29 is 13.9 Å². The molecule has 0 unspecified atom stereocenters. The van der Waals surface area contributed by atoms with Crippen LogP contribution in [0.4, 0.5) is 8.78 Å². The van der Waals surface area contributed by atoms with E-state index in [0.717, 1.165) is 25.8 Å². The van der Waals surface area contributed by atoms with E-state index < -0.39 is 17.4 Å². The highest BCUT2D eigenvalue weighted by Gasteiger charge is 2.14. The highest BCUT2D eigenvalue weighted by atomic mass is 19.1. The molecule has 1 N–H and O–H groups in total. The zero-order valence-corrected chi connectivity index (χ0v) is 11.9. The molecule has 0 spiro atoms. The van der Waals surface area contributed by atoms with Crippen molar-refractivity contribution in [3.8, 4) is 5.75 Å². The topological polar surface area (TPSA) is 23.5 Å². The molecule has 1 aromatic rings. The van der Waals surface area contributed by atoms with Gasteiger partial charge in [-0.2, -0.15) is 0 Å². The van der Waals surface area contributed by atoms with Crippen LogP contribution in [0.15, 0.2) is 12.1 Å². The maximum atomic E-state index is 13.3. The molecule has 2 nitrogen and oxygen atoms in total. The molecule has 0 saturated carbocycles. The van der Waals surface area contributed by atoms with E-state index >= 15 is 0 Å². The molecule has 108 valence electrons. The fourth-order valence-corrected chi connectivity index (χ4v) is 2.03. The maximum absolute atomic E-state index is 13.3. The Morgan fingerprint density at radius 2 is 1.74 bits per heavy atom. The van der Waals surface area contributed by atoms with E-state index in [2.05, 4.69) is 25.7 Å². The number of rotatable bonds is 7. The van der Waals surface area contributed by atoms with Crippen molar-refractivity contribution in [3.63, 3.8) is 0 Å². The Balaban J connectivity index is 2.73. The van der Waals surface area contributed by atoms with Gasteiger partial charge in [0.2, 0.25) is 0 Å². The molecule has 1 rings (SSSR count). The van der Waals surface area contributed by atoms with Gasteiger partial charge in [-0.3, -0.25) is 4.90 Å². The lowest BCUT2D eigenvalue weighted by molar-refractivity contribution is 0.207. The van der Waals surface area contributed by atoms with Gasteiger partial charge in [0.1, 0.15) is 0 Å². The summed E-state index contributed by atoms with van der Waals surface area (Å²) in [5.74, 6) is -2.69. The summed E-state index contributed by atoms with van der Waals surface area (Å²) in [6, 6.07) is 2.72. The number of benzene rings is 1. The molecule has 4 heteroatoms. The zero-order valence-electron chi connectivity index (χ0n) is 11.9. The molecule has 0 amide bonds. The van der Waals surface area contributed by atoms with Crippen LogP contribution in [0, 0.1) is 11.6 Å². The van der Waals surface area contributed by atoms with Crippen LogP contribution in [-0.4, -0.2) is 22.6 Å². The highest BCUT2D eigenvalue weighted by molar-refractivity contribution is 5.30. The maximum Gasteiger partial charge on any atom is 0.187 e. The standard InChI is InChI=1S/C15H23F2NO/c1-4-5-6-7-18(11(2)3)10-12-8-13(16)15(19)14(17)9-12/h8-9,11,19H,4-7,10H2,1-3H3. The van der Waals surface area contributed by atoms with Crippen LogP contribution in [0.1, 0.15) is 45.6 Å². The van der Waals surface area contributed by atoms with E-state index in [0.29, 0.717) is 18.2 Å². The molecule has 0 bridgehead atoms. The van der Waals surface area contributed by atoms with Crippen LogP contribution >= 0.6 is 0 Å². The monoisotopic (exact) mass is 271 g/mol. The molecule has 19 heavy (non-hydrogen) atoms. The summed E-state index contributed by atoms with van der Waals surface area (Å²) < 4.78 is 26.6. The van der Waals surface area contributed by atoms with Gasteiger partial charge in [0.15, 0.2) is 17.4 Å². The van der Waals surface area contributed by atoms with Crippen molar-refractivity contribution in [3.05, 3.63) is 29.3 Å². The summed E-state index contributed by atoms with van der Waals surface area (Å²) in [7, 11) is 0. The number of halogens is 2. The SMILES string of the molecule is CCCCCN(Cc1cc(F)c(O)c(F)c1)C(C)C. The first-order valence-corrected chi connectivity index (χ1v) is 6.86. The lowest BCUT2D eigenvalue weighted by Gasteiger charge is -2.26. The second-order valence-electron chi connectivity index (χ2n) is 5.18. The van der Waals surface area contributed by atoms with Gasteiger partial charge in [0, 0.05) is 12.6 Å². The quantitative estimate of drug-likeness (QED) is 0.756. The Bertz CT molecular complexity index is 384. The van der Waals surface area contributed by atoms with E-state index in [1.165, 1.54) is 12.1 Å². The number of phenolic OH excluding ortho intramolecular Hbond substituents is 1. The van der Waals surface area contributed by atoms with Crippen LogP contribution in [-0.2, 0) is 6.54 Å². The van der Waals surface area contributed by atoms with Gasteiger partial charge in [-0.05, 0) is 44.5 Å². The van der Waals surface area contributed by atoms with Gasteiger partial charge < -0.3 is 5.11 Å². The second-order valence-corrected chi connectivity index (χ2v) is 5.18. The Labute approximate surface area is 114 Å². The first-order valence-electron chi connectivity index (χ1n) is 6.86. The molecule has 0 aliphatic rings.